The number of amides is 1. The van der Waals surface area contributed by atoms with Gasteiger partial charge in [-0.15, -0.1) is 11.3 Å². The standard InChI is InChI=1S/C11H14N2O2S/c1-13(6-7-14)11(15)10-9(3-2-5-12)4-8-16-10/h4,8,14H,5-7,12H2,1H3. The van der Waals surface area contributed by atoms with Gasteiger partial charge in [-0.25, -0.2) is 0 Å². The molecule has 1 aromatic rings. The van der Waals surface area contributed by atoms with Gasteiger partial charge in [0.05, 0.1) is 13.2 Å². The molecule has 0 aliphatic heterocycles. The molecule has 3 N–H and O–H groups in total. The van der Waals surface area contributed by atoms with Crippen LogP contribution in [0.1, 0.15) is 15.2 Å². The van der Waals surface area contributed by atoms with Gasteiger partial charge in [-0.2, -0.15) is 0 Å². The van der Waals surface area contributed by atoms with Crippen molar-refractivity contribution in [3.05, 3.63) is 21.9 Å². The van der Waals surface area contributed by atoms with Gasteiger partial charge in [0.1, 0.15) is 4.88 Å². The number of likely N-dealkylation sites (N-methyl/N-ethyl adjacent to an activating group) is 1. The van der Waals surface area contributed by atoms with Crippen molar-refractivity contribution < 1.29 is 9.90 Å². The molecule has 0 bridgehead atoms. The van der Waals surface area contributed by atoms with E-state index in [0.29, 0.717) is 17.0 Å². The predicted octanol–water partition coefficient (Wildman–Crippen LogP) is 0.123. The number of carbonyl (C=O) groups is 1. The Kier molecular flexibility index (Phi) is 4.99. The van der Waals surface area contributed by atoms with Crippen molar-refractivity contribution in [2.75, 3.05) is 26.7 Å². The molecule has 0 aromatic carbocycles. The fourth-order valence-corrected chi connectivity index (χ4v) is 1.99. The van der Waals surface area contributed by atoms with Crippen LogP contribution in [0.25, 0.3) is 0 Å². The highest BCUT2D eigenvalue weighted by atomic mass is 32.1. The fourth-order valence-electron chi connectivity index (χ4n) is 1.14. The maximum atomic E-state index is 11.9. The Morgan fingerprint density at radius 2 is 2.44 bits per heavy atom. The van der Waals surface area contributed by atoms with Crippen LogP contribution in [0.4, 0.5) is 0 Å². The number of hydrogen-bond donors (Lipinski definition) is 2. The Labute approximate surface area is 98.7 Å². The van der Waals surface area contributed by atoms with E-state index in [1.807, 2.05) is 5.38 Å². The predicted molar refractivity (Wildman–Crippen MR) is 64.3 cm³/mol. The second-order valence-corrected chi connectivity index (χ2v) is 4.04. The van der Waals surface area contributed by atoms with Gasteiger partial charge in [-0.3, -0.25) is 4.79 Å². The molecule has 1 heterocycles. The Morgan fingerprint density at radius 3 is 3.06 bits per heavy atom. The number of thiophene rings is 1. The third-order valence-corrected chi connectivity index (χ3v) is 2.87. The molecule has 1 aromatic heterocycles. The summed E-state index contributed by atoms with van der Waals surface area (Å²) in [7, 11) is 1.65. The number of aliphatic hydroxyl groups is 1. The van der Waals surface area contributed by atoms with Crippen LogP contribution >= 0.6 is 11.3 Å². The summed E-state index contributed by atoms with van der Waals surface area (Å²) in [6, 6.07) is 1.80. The molecule has 0 fully saturated rings. The van der Waals surface area contributed by atoms with E-state index < -0.39 is 0 Å². The molecule has 0 atom stereocenters. The molecule has 0 unspecified atom stereocenters. The van der Waals surface area contributed by atoms with Gasteiger partial charge in [0, 0.05) is 19.2 Å². The summed E-state index contributed by atoms with van der Waals surface area (Å²) in [5.74, 6) is 5.46. The zero-order chi connectivity index (χ0) is 12.0. The number of rotatable bonds is 3. The van der Waals surface area contributed by atoms with Gasteiger partial charge in [0.2, 0.25) is 0 Å². The molecule has 16 heavy (non-hydrogen) atoms. The summed E-state index contributed by atoms with van der Waals surface area (Å²) >= 11 is 1.35. The van der Waals surface area contributed by atoms with E-state index in [-0.39, 0.29) is 19.1 Å². The van der Waals surface area contributed by atoms with Crippen LogP contribution in [0.2, 0.25) is 0 Å². The van der Waals surface area contributed by atoms with Gasteiger partial charge < -0.3 is 15.7 Å². The van der Waals surface area contributed by atoms with Crippen LogP contribution in [0.15, 0.2) is 11.4 Å². The first-order valence-electron chi connectivity index (χ1n) is 4.83. The third-order valence-electron chi connectivity index (χ3n) is 1.97. The Morgan fingerprint density at radius 1 is 1.69 bits per heavy atom. The summed E-state index contributed by atoms with van der Waals surface area (Å²) in [6.07, 6.45) is 0. The number of aliphatic hydroxyl groups excluding tert-OH is 1. The summed E-state index contributed by atoms with van der Waals surface area (Å²) in [6.45, 7) is 0.549. The fraction of sp³-hybridized carbons (Fsp3) is 0.364. The molecule has 0 saturated carbocycles. The maximum Gasteiger partial charge on any atom is 0.265 e. The third kappa shape index (κ3) is 3.07. The van der Waals surface area contributed by atoms with Gasteiger partial charge in [-0.05, 0) is 11.4 Å². The molecular formula is C11H14N2O2S. The van der Waals surface area contributed by atoms with Gasteiger partial charge >= 0.3 is 0 Å². The molecular weight excluding hydrogens is 224 g/mol. The molecule has 0 aliphatic carbocycles. The molecule has 0 spiro atoms. The van der Waals surface area contributed by atoms with E-state index >= 15 is 0 Å². The molecule has 0 radical (unpaired) electrons. The lowest BCUT2D eigenvalue weighted by Gasteiger charge is -2.14. The first-order chi connectivity index (χ1) is 7.70. The van der Waals surface area contributed by atoms with E-state index in [0.717, 1.165) is 0 Å². The lowest BCUT2D eigenvalue weighted by atomic mass is 10.2. The van der Waals surface area contributed by atoms with Gasteiger partial charge in [0.15, 0.2) is 0 Å². The van der Waals surface area contributed by atoms with Crippen LogP contribution in [0.3, 0.4) is 0 Å². The average molecular weight is 238 g/mol. The Bertz CT molecular complexity index is 417. The Balaban J connectivity index is 2.87. The lowest BCUT2D eigenvalue weighted by Crippen LogP contribution is -2.29. The largest absolute Gasteiger partial charge is 0.395 e. The summed E-state index contributed by atoms with van der Waals surface area (Å²) in [5, 5.41) is 10.6. The van der Waals surface area contributed by atoms with E-state index in [1.54, 1.807) is 13.1 Å². The average Bonchev–Trinajstić information content (AvgIpc) is 2.73. The highest BCUT2D eigenvalue weighted by molar-refractivity contribution is 7.12. The second-order valence-electron chi connectivity index (χ2n) is 3.12. The smallest absolute Gasteiger partial charge is 0.265 e. The first-order valence-corrected chi connectivity index (χ1v) is 5.71. The van der Waals surface area contributed by atoms with Crippen LogP contribution in [-0.4, -0.2) is 42.7 Å². The molecule has 5 heteroatoms. The highest BCUT2D eigenvalue weighted by Gasteiger charge is 2.15. The molecule has 86 valence electrons. The number of nitrogens with zero attached hydrogens (tertiary/aromatic N) is 1. The number of carbonyl (C=O) groups excluding carboxylic acids is 1. The number of hydrogen-bond acceptors (Lipinski definition) is 4. The van der Waals surface area contributed by atoms with Crippen molar-refractivity contribution in [2.24, 2.45) is 5.73 Å². The van der Waals surface area contributed by atoms with Crippen LogP contribution in [0, 0.1) is 11.8 Å². The summed E-state index contributed by atoms with van der Waals surface area (Å²) < 4.78 is 0. The normalized spacial score (nSPS) is 9.44. The van der Waals surface area contributed by atoms with E-state index in [4.69, 9.17) is 10.8 Å². The molecule has 4 nitrogen and oxygen atoms in total. The topological polar surface area (TPSA) is 66.6 Å². The van der Waals surface area contributed by atoms with Crippen molar-refractivity contribution in [1.82, 2.24) is 4.90 Å². The SMILES string of the molecule is CN(CCO)C(=O)c1sccc1C#CCN. The van der Waals surface area contributed by atoms with Crippen LogP contribution < -0.4 is 5.73 Å². The van der Waals surface area contributed by atoms with Crippen LogP contribution in [-0.2, 0) is 0 Å². The summed E-state index contributed by atoms with van der Waals surface area (Å²) in [5.41, 5.74) is 5.98. The van der Waals surface area contributed by atoms with E-state index in [2.05, 4.69) is 11.8 Å². The zero-order valence-electron chi connectivity index (χ0n) is 9.06. The van der Waals surface area contributed by atoms with Crippen molar-refractivity contribution in [3.8, 4) is 11.8 Å². The van der Waals surface area contributed by atoms with E-state index in [1.165, 1.54) is 16.2 Å². The van der Waals surface area contributed by atoms with Crippen molar-refractivity contribution in [3.63, 3.8) is 0 Å². The maximum absolute atomic E-state index is 11.9. The Hall–Kier alpha value is -1.35. The minimum atomic E-state index is -0.120. The van der Waals surface area contributed by atoms with Crippen molar-refractivity contribution in [2.45, 2.75) is 0 Å². The van der Waals surface area contributed by atoms with Crippen molar-refractivity contribution in [1.29, 1.82) is 0 Å². The first kappa shape index (κ1) is 12.7. The summed E-state index contributed by atoms with van der Waals surface area (Å²) in [4.78, 5) is 14.0. The molecule has 1 rings (SSSR count). The molecule has 0 aliphatic rings. The lowest BCUT2D eigenvalue weighted by molar-refractivity contribution is 0.0771. The second kappa shape index (κ2) is 6.28. The van der Waals surface area contributed by atoms with E-state index in [9.17, 15) is 4.79 Å². The van der Waals surface area contributed by atoms with Crippen molar-refractivity contribution >= 4 is 17.2 Å². The minimum absolute atomic E-state index is 0.0442. The monoisotopic (exact) mass is 238 g/mol. The molecule has 1 amide bonds. The zero-order valence-corrected chi connectivity index (χ0v) is 9.88. The number of nitrogens with two attached hydrogens (primary N) is 1. The minimum Gasteiger partial charge on any atom is -0.395 e. The van der Waals surface area contributed by atoms with Gasteiger partial charge in [0.25, 0.3) is 5.91 Å². The molecule has 0 saturated heterocycles. The quantitative estimate of drug-likeness (QED) is 0.735. The highest BCUT2D eigenvalue weighted by Crippen LogP contribution is 2.17. The van der Waals surface area contributed by atoms with Gasteiger partial charge in [-0.1, -0.05) is 11.8 Å². The van der Waals surface area contributed by atoms with Crippen LogP contribution in [0.5, 0.6) is 0 Å².